The number of carbonyl (C=O) groups excluding carboxylic acids is 2. The van der Waals surface area contributed by atoms with Gasteiger partial charge in [0.15, 0.2) is 5.82 Å². The van der Waals surface area contributed by atoms with Gasteiger partial charge in [-0.1, -0.05) is 5.73 Å². The van der Waals surface area contributed by atoms with Crippen LogP contribution in [0.15, 0.2) is 54.0 Å². The number of nitriles is 2. The lowest BCUT2D eigenvalue weighted by atomic mass is 10.2. The fourth-order valence-corrected chi connectivity index (χ4v) is 5.40. The summed E-state index contributed by atoms with van der Waals surface area (Å²) < 4.78 is 10.5. The van der Waals surface area contributed by atoms with E-state index in [4.69, 9.17) is 9.47 Å². The molecule has 10 nitrogen and oxygen atoms in total. The van der Waals surface area contributed by atoms with Gasteiger partial charge in [0, 0.05) is 33.4 Å². The topological polar surface area (TPSA) is 113 Å². The highest BCUT2D eigenvalue weighted by molar-refractivity contribution is 5.84. The van der Waals surface area contributed by atoms with Crippen LogP contribution in [-0.4, -0.2) is 57.5 Å². The Morgan fingerprint density at radius 3 is 2.00 bits per heavy atom. The molecule has 0 fully saturated rings. The molecular formula is C31H34N6O4. The number of carbonyl (C=O) groups is 2. The van der Waals surface area contributed by atoms with Gasteiger partial charge >= 0.3 is 11.9 Å². The number of ether oxygens (including phenoxy) is 2. The van der Waals surface area contributed by atoms with Crippen LogP contribution in [0.3, 0.4) is 0 Å². The highest BCUT2D eigenvalue weighted by Crippen LogP contribution is 2.43. The van der Waals surface area contributed by atoms with Crippen molar-refractivity contribution < 1.29 is 19.1 Å². The fourth-order valence-electron chi connectivity index (χ4n) is 5.40. The molecule has 2 aromatic rings. The number of anilines is 4. The predicted octanol–water partition coefficient (Wildman–Crippen LogP) is 4.26. The average Bonchev–Trinajstić information content (AvgIpc) is 3.42. The summed E-state index contributed by atoms with van der Waals surface area (Å²) in [7, 11) is 0. The summed E-state index contributed by atoms with van der Waals surface area (Å²) in [6.45, 7) is 9.65. The van der Waals surface area contributed by atoms with Gasteiger partial charge in [-0.3, -0.25) is 9.59 Å². The lowest BCUT2D eigenvalue weighted by Gasteiger charge is -2.31. The monoisotopic (exact) mass is 554 g/mol. The second-order valence-corrected chi connectivity index (χ2v) is 9.57. The van der Waals surface area contributed by atoms with E-state index in [1.165, 1.54) is 13.8 Å². The highest BCUT2D eigenvalue weighted by Gasteiger charge is 2.35. The van der Waals surface area contributed by atoms with Crippen LogP contribution in [0.2, 0.25) is 0 Å². The molecule has 0 amide bonds. The molecular weight excluding hydrogens is 520 g/mol. The minimum atomic E-state index is -0.350. The number of esters is 2. The Bertz CT molecular complexity index is 1470. The first kappa shape index (κ1) is 29.1. The maximum atomic E-state index is 11.5. The van der Waals surface area contributed by atoms with Crippen molar-refractivity contribution in [1.29, 1.82) is 10.5 Å². The summed E-state index contributed by atoms with van der Waals surface area (Å²) in [6, 6.07) is 15.7. The molecule has 0 bridgehead atoms. The second-order valence-electron chi connectivity index (χ2n) is 9.57. The molecule has 2 aliphatic heterocycles. The van der Waals surface area contributed by atoms with Gasteiger partial charge in [-0.25, -0.2) is 0 Å². The number of hydrogen-bond acceptors (Lipinski definition) is 10. The third-order valence-corrected chi connectivity index (χ3v) is 7.11. The first-order valence-corrected chi connectivity index (χ1v) is 13.7. The minimum absolute atomic E-state index is 0.0776. The van der Waals surface area contributed by atoms with Crippen LogP contribution in [0, 0.1) is 22.7 Å². The van der Waals surface area contributed by atoms with Gasteiger partial charge in [-0.15, -0.1) is 0 Å². The Hall–Kier alpha value is -4.92. The van der Waals surface area contributed by atoms with Crippen LogP contribution >= 0.6 is 0 Å². The number of nitrogens with zero attached hydrogens (tertiary/aromatic N) is 6. The van der Waals surface area contributed by atoms with Crippen molar-refractivity contribution in [2.24, 2.45) is 0 Å². The van der Waals surface area contributed by atoms with Crippen molar-refractivity contribution in [3.05, 3.63) is 65.2 Å². The van der Waals surface area contributed by atoms with Crippen molar-refractivity contribution >= 4 is 34.7 Å². The standard InChI is InChI=1S/C31H34N6O4/c1-5-34-26-12-10-24(20-32)18-28(26)36(14-16-40-22(3)38)30(34)8-7-9-31-35(6-2)27-13-11-25(21-33)19-29(27)37(31)15-17-41-23(4)39/h7,10-13,18-19,30H,5-6,8,14-17H2,1-4H3. The van der Waals surface area contributed by atoms with Crippen LogP contribution in [0.1, 0.15) is 45.2 Å². The Labute approximate surface area is 240 Å². The average molecular weight is 555 g/mol. The summed E-state index contributed by atoms with van der Waals surface area (Å²) >= 11 is 0. The molecule has 0 spiro atoms. The Morgan fingerprint density at radius 2 is 1.41 bits per heavy atom. The Balaban J connectivity index is 1.69. The second kappa shape index (κ2) is 13.0. The van der Waals surface area contributed by atoms with E-state index >= 15 is 0 Å². The predicted molar refractivity (Wildman–Crippen MR) is 156 cm³/mol. The lowest BCUT2D eigenvalue weighted by Crippen LogP contribution is -2.44. The third-order valence-electron chi connectivity index (χ3n) is 7.11. The Kier molecular flexibility index (Phi) is 9.19. The van der Waals surface area contributed by atoms with Gasteiger partial charge < -0.3 is 29.1 Å². The van der Waals surface area contributed by atoms with Crippen molar-refractivity contribution in [2.45, 2.75) is 40.3 Å². The van der Waals surface area contributed by atoms with Gasteiger partial charge in [0.1, 0.15) is 19.4 Å². The molecule has 0 saturated heterocycles. The van der Waals surface area contributed by atoms with E-state index in [1.54, 1.807) is 6.07 Å². The van der Waals surface area contributed by atoms with E-state index in [2.05, 4.69) is 46.4 Å². The van der Waals surface area contributed by atoms with Crippen LogP contribution in [-0.2, 0) is 19.1 Å². The molecule has 2 aromatic carbocycles. The highest BCUT2D eigenvalue weighted by atomic mass is 16.5. The molecule has 0 saturated carbocycles. The summed E-state index contributed by atoms with van der Waals surface area (Å²) in [4.78, 5) is 31.5. The largest absolute Gasteiger partial charge is 0.464 e. The molecule has 1 unspecified atom stereocenters. The van der Waals surface area contributed by atoms with E-state index in [0.717, 1.165) is 35.1 Å². The van der Waals surface area contributed by atoms with Gasteiger partial charge in [-0.05, 0) is 56.3 Å². The van der Waals surface area contributed by atoms with E-state index in [-0.39, 0.29) is 31.3 Å². The summed E-state index contributed by atoms with van der Waals surface area (Å²) in [5.74, 6) is 0.122. The molecule has 212 valence electrons. The molecule has 0 N–H and O–H groups in total. The first-order chi connectivity index (χ1) is 19.8. The number of hydrogen-bond donors (Lipinski definition) is 0. The molecule has 0 aromatic heterocycles. The lowest BCUT2D eigenvalue weighted by molar-refractivity contribution is -0.141. The molecule has 2 heterocycles. The van der Waals surface area contributed by atoms with Crippen LogP contribution < -0.4 is 19.6 Å². The maximum Gasteiger partial charge on any atom is 0.302 e. The van der Waals surface area contributed by atoms with Crippen molar-refractivity contribution in [3.63, 3.8) is 0 Å². The molecule has 2 aliphatic rings. The van der Waals surface area contributed by atoms with Crippen molar-refractivity contribution in [3.8, 4) is 12.1 Å². The molecule has 10 heteroatoms. The number of fused-ring (bicyclic) bond motifs is 2. The van der Waals surface area contributed by atoms with E-state index < -0.39 is 0 Å². The summed E-state index contributed by atoms with van der Waals surface area (Å²) in [5, 5.41) is 19.0. The molecule has 0 radical (unpaired) electrons. The zero-order chi connectivity index (χ0) is 29.5. The van der Waals surface area contributed by atoms with E-state index in [1.807, 2.05) is 41.3 Å². The van der Waals surface area contributed by atoms with Gasteiger partial charge in [0.2, 0.25) is 0 Å². The van der Waals surface area contributed by atoms with Crippen LogP contribution in [0.4, 0.5) is 22.7 Å². The number of benzene rings is 2. The van der Waals surface area contributed by atoms with Crippen LogP contribution in [0.5, 0.6) is 0 Å². The third kappa shape index (κ3) is 6.14. The molecule has 0 aliphatic carbocycles. The van der Waals surface area contributed by atoms with Crippen LogP contribution in [0.25, 0.3) is 0 Å². The maximum absolute atomic E-state index is 11.5. The van der Waals surface area contributed by atoms with Gasteiger partial charge in [0.25, 0.3) is 0 Å². The first-order valence-electron chi connectivity index (χ1n) is 13.7. The Morgan fingerprint density at radius 1 is 0.805 bits per heavy atom. The van der Waals surface area contributed by atoms with Crippen molar-refractivity contribution in [1.82, 2.24) is 0 Å². The normalized spacial score (nSPS) is 15.1. The zero-order valence-corrected chi connectivity index (χ0v) is 23.9. The summed E-state index contributed by atoms with van der Waals surface area (Å²) in [6.07, 6.45) is 2.52. The molecule has 1 atom stereocenters. The number of rotatable bonds is 10. The smallest absolute Gasteiger partial charge is 0.302 e. The SMILES string of the molecule is CCN1C(=C=CCC2N(CC)c3ccc(C#N)cc3N2CCOC(C)=O)N(CCOC(C)=O)c2cc(C#N)ccc21. The van der Waals surface area contributed by atoms with E-state index in [9.17, 15) is 20.1 Å². The summed E-state index contributed by atoms with van der Waals surface area (Å²) in [5.41, 5.74) is 8.39. The minimum Gasteiger partial charge on any atom is -0.464 e. The van der Waals surface area contributed by atoms with E-state index in [0.29, 0.717) is 37.2 Å². The van der Waals surface area contributed by atoms with Gasteiger partial charge in [-0.2, -0.15) is 10.5 Å². The quantitative estimate of drug-likeness (QED) is 0.312. The van der Waals surface area contributed by atoms with Gasteiger partial charge in [0.05, 0.1) is 59.1 Å². The zero-order valence-electron chi connectivity index (χ0n) is 23.9. The molecule has 41 heavy (non-hydrogen) atoms. The fraction of sp³-hybridized carbons (Fsp3) is 0.387. The van der Waals surface area contributed by atoms with Crippen molar-refractivity contribution in [2.75, 3.05) is 59.0 Å². The molecule has 4 rings (SSSR count).